The average molecular weight is 1150 g/mol. The molecule has 2 heteroatoms. The molecule has 0 atom stereocenters. The van der Waals surface area contributed by atoms with Crippen molar-refractivity contribution in [1.29, 1.82) is 0 Å². The van der Waals surface area contributed by atoms with Crippen molar-refractivity contribution in [3.8, 4) is 111 Å². The summed E-state index contributed by atoms with van der Waals surface area (Å²) in [6.45, 7) is 32.6. The predicted molar refractivity (Wildman–Crippen MR) is 382 cm³/mol. The van der Waals surface area contributed by atoms with Gasteiger partial charge in [0, 0.05) is 24.5 Å². The SMILES string of the molecule is Cc1cc(C)cc(-c2cc(-c3cc(C)c(N4[C]N(c5c(C)cc(-c6cc(-c7cc(C)cc(C)c7)c(-c7ccccc7)c(-c7ccccc7)c6-c6cc(C)cc(C)c6)cc5C)CC4)c(C)c3)c(-c3cc(C)cc(C)c3)c(-c3ccccc3)c2-c2ccccc2)c1. The maximum Gasteiger partial charge on any atom is 0.208 e. The van der Waals surface area contributed by atoms with Gasteiger partial charge in [-0.1, -0.05) is 239 Å². The van der Waals surface area contributed by atoms with Gasteiger partial charge in [-0.2, -0.15) is 0 Å². The summed E-state index contributed by atoms with van der Waals surface area (Å²) in [5.74, 6) is 0. The van der Waals surface area contributed by atoms with Gasteiger partial charge in [0.15, 0.2) is 0 Å². The third-order valence-corrected chi connectivity index (χ3v) is 17.9. The molecule has 0 aliphatic carbocycles. The molecular formula is C87H78N2. The van der Waals surface area contributed by atoms with Crippen LogP contribution in [0.25, 0.3) is 111 Å². The van der Waals surface area contributed by atoms with E-state index in [1.807, 2.05) is 0 Å². The zero-order valence-corrected chi connectivity index (χ0v) is 53.7. The van der Waals surface area contributed by atoms with Gasteiger partial charge in [0.25, 0.3) is 0 Å². The Kier molecular flexibility index (Phi) is 15.8. The quantitative estimate of drug-likeness (QED) is 0.120. The summed E-state index contributed by atoms with van der Waals surface area (Å²) in [7, 11) is 0. The van der Waals surface area contributed by atoms with Crippen LogP contribution >= 0.6 is 0 Å². The number of nitrogens with zero attached hydrogens (tertiary/aromatic N) is 2. The van der Waals surface area contributed by atoms with E-state index in [2.05, 4.69) is 330 Å². The van der Waals surface area contributed by atoms with Crippen molar-refractivity contribution < 1.29 is 0 Å². The van der Waals surface area contributed by atoms with Crippen molar-refractivity contribution >= 4 is 11.4 Å². The van der Waals surface area contributed by atoms with Crippen LogP contribution in [0.5, 0.6) is 0 Å². The van der Waals surface area contributed by atoms with E-state index >= 15 is 0 Å². The van der Waals surface area contributed by atoms with Crippen LogP contribution < -0.4 is 9.80 Å². The van der Waals surface area contributed by atoms with Gasteiger partial charge in [0.05, 0.1) is 0 Å². The zero-order chi connectivity index (χ0) is 61.8. The first kappa shape index (κ1) is 58.3. The van der Waals surface area contributed by atoms with Crippen LogP contribution in [0.15, 0.2) is 231 Å². The first-order chi connectivity index (χ1) is 43.0. The Labute approximate surface area is 529 Å². The molecule has 1 heterocycles. The zero-order valence-electron chi connectivity index (χ0n) is 53.7. The number of rotatable bonds is 12. The Morgan fingerprint density at radius 3 is 0.685 bits per heavy atom. The maximum atomic E-state index is 3.97. The van der Waals surface area contributed by atoms with E-state index in [-0.39, 0.29) is 0 Å². The second kappa shape index (κ2) is 24.1. The molecule has 0 unspecified atom stereocenters. The Balaban J connectivity index is 0.947. The molecule has 13 rings (SSSR count). The highest BCUT2D eigenvalue weighted by atomic mass is 15.4. The van der Waals surface area contributed by atoms with E-state index in [0.717, 1.165) is 13.1 Å². The summed E-state index contributed by atoms with van der Waals surface area (Å²) >= 11 is 0. The lowest BCUT2D eigenvalue weighted by Crippen LogP contribution is -2.21. The summed E-state index contributed by atoms with van der Waals surface area (Å²) in [4.78, 5) is 4.76. The van der Waals surface area contributed by atoms with E-state index in [1.165, 1.54) is 189 Å². The van der Waals surface area contributed by atoms with Crippen molar-refractivity contribution in [2.45, 2.75) is 83.1 Å². The minimum absolute atomic E-state index is 0.813. The molecule has 89 heavy (non-hydrogen) atoms. The minimum atomic E-state index is 0.813. The molecule has 1 saturated heterocycles. The van der Waals surface area contributed by atoms with Crippen LogP contribution in [-0.2, 0) is 0 Å². The van der Waals surface area contributed by atoms with Crippen LogP contribution in [0.4, 0.5) is 11.4 Å². The molecule has 0 bridgehead atoms. The van der Waals surface area contributed by atoms with Crippen LogP contribution in [0.2, 0.25) is 0 Å². The van der Waals surface area contributed by atoms with Gasteiger partial charge in [-0.3, -0.25) is 0 Å². The molecule has 12 aromatic rings. The third kappa shape index (κ3) is 11.5. The topological polar surface area (TPSA) is 6.48 Å². The lowest BCUT2D eigenvalue weighted by atomic mass is 9.78. The predicted octanol–water partition coefficient (Wildman–Crippen LogP) is 23.4. The Hall–Kier alpha value is -9.76. The number of aryl methyl sites for hydroxylation is 12. The van der Waals surface area contributed by atoms with E-state index in [1.54, 1.807) is 0 Å². The first-order valence-electron chi connectivity index (χ1n) is 31.6. The van der Waals surface area contributed by atoms with E-state index in [4.69, 9.17) is 0 Å². The van der Waals surface area contributed by atoms with Gasteiger partial charge < -0.3 is 9.80 Å². The lowest BCUT2D eigenvalue weighted by molar-refractivity contribution is 1.01. The van der Waals surface area contributed by atoms with E-state index in [9.17, 15) is 0 Å². The van der Waals surface area contributed by atoms with Gasteiger partial charge in [-0.15, -0.1) is 0 Å². The van der Waals surface area contributed by atoms with Crippen molar-refractivity contribution in [3.63, 3.8) is 0 Å². The normalized spacial score (nSPS) is 12.3. The van der Waals surface area contributed by atoms with Crippen molar-refractivity contribution in [1.82, 2.24) is 0 Å². The van der Waals surface area contributed by atoms with Gasteiger partial charge in [-0.25, -0.2) is 0 Å². The maximum absolute atomic E-state index is 3.97. The molecular weight excluding hydrogens is 1070 g/mol. The molecule has 2 nitrogen and oxygen atoms in total. The molecule has 1 fully saturated rings. The molecule has 2 radical (unpaired) electrons. The van der Waals surface area contributed by atoms with Gasteiger partial charge >= 0.3 is 0 Å². The number of hydrogen-bond acceptors (Lipinski definition) is 2. The summed E-state index contributed by atoms with van der Waals surface area (Å²) in [5, 5.41) is 0. The molecule has 1 aliphatic rings. The molecule has 0 aromatic heterocycles. The van der Waals surface area contributed by atoms with Crippen LogP contribution in [0.3, 0.4) is 0 Å². The lowest BCUT2D eigenvalue weighted by Gasteiger charge is -2.28. The Bertz CT molecular complexity index is 4260. The Morgan fingerprint density at radius 1 is 0.213 bits per heavy atom. The molecule has 1 aliphatic heterocycles. The number of hydrogen-bond donors (Lipinski definition) is 0. The highest BCUT2D eigenvalue weighted by molar-refractivity contribution is 6.10. The molecule has 0 N–H and O–H groups in total. The summed E-state index contributed by atoms with van der Waals surface area (Å²) in [6, 6.07) is 87.2. The summed E-state index contributed by atoms with van der Waals surface area (Å²) in [5.41, 5.74) is 41.7. The molecule has 0 spiro atoms. The largest absolute Gasteiger partial charge is 0.339 e. The van der Waals surface area contributed by atoms with E-state index < -0.39 is 0 Å². The van der Waals surface area contributed by atoms with Crippen molar-refractivity contribution in [2.24, 2.45) is 0 Å². The number of benzene rings is 12. The second-order valence-electron chi connectivity index (χ2n) is 25.5. The van der Waals surface area contributed by atoms with Crippen LogP contribution in [0.1, 0.15) is 66.8 Å². The fourth-order valence-corrected chi connectivity index (χ4v) is 14.8. The van der Waals surface area contributed by atoms with Crippen LogP contribution in [-0.4, -0.2) is 13.1 Å². The number of anilines is 2. The monoisotopic (exact) mass is 1150 g/mol. The summed E-state index contributed by atoms with van der Waals surface area (Å²) in [6.07, 6.45) is 0. The van der Waals surface area contributed by atoms with Crippen molar-refractivity contribution in [2.75, 3.05) is 22.9 Å². The highest BCUT2D eigenvalue weighted by Gasteiger charge is 2.31. The molecule has 436 valence electrons. The van der Waals surface area contributed by atoms with Crippen LogP contribution in [0, 0.1) is 89.8 Å². The molecule has 12 aromatic carbocycles. The Morgan fingerprint density at radius 2 is 0.427 bits per heavy atom. The van der Waals surface area contributed by atoms with Gasteiger partial charge in [-0.05, 0) is 253 Å². The fraction of sp³-hybridized carbons (Fsp3) is 0.161. The van der Waals surface area contributed by atoms with E-state index in [0.29, 0.717) is 0 Å². The molecule has 0 saturated carbocycles. The second-order valence-corrected chi connectivity index (χ2v) is 25.5. The van der Waals surface area contributed by atoms with Gasteiger partial charge in [0.1, 0.15) is 0 Å². The smallest absolute Gasteiger partial charge is 0.208 e. The summed E-state index contributed by atoms with van der Waals surface area (Å²) < 4.78 is 0. The fourth-order valence-electron chi connectivity index (χ4n) is 14.8. The minimum Gasteiger partial charge on any atom is -0.339 e. The third-order valence-electron chi connectivity index (χ3n) is 17.9. The highest BCUT2D eigenvalue weighted by Crippen LogP contribution is 2.54. The van der Waals surface area contributed by atoms with Gasteiger partial charge in [0.2, 0.25) is 6.67 Å². The molecule has 0 amide bonds. The average Bonchev–Trinajstić information content (AvgIpc) is 0.936. The first-order valence-corrected chi connectivity index (χ1v) is 31.6. The standard InChI is InChI=1S/C87H78N2/c1-54-35-55(2)40-70(39-54)76-51-78(82(74-43-58(5)37-59(6)44-74)84(68-29-21-15-22-30-68)80(76)66-25-17-13-18-26-66)72-47-62(9)86(63(10)48-72)88-33-34-89(53-88)87-64(11)49-73(50-65(87)12)79-52-77(71-41-56(3)36-57(4)42-71)81(67-27-19-14-20-28-67)85(69-31-23-16-24-32-69)83(79)75-45-60(7)38-61(8)46-75/h13-32,35-52H,33-34H2,1-12H3. The van der Waals surface area contributed by atoms with Crippen molar-refractivity contribution in [3.05, 3.63) is 304 Å².